The van der Waals surface area contributed by atoms with E-state index in [9.17, 15) is 4.79 Å². The van der Waals surface area contributed by atoms with Crippen molar-refractivity contribution in [3.63, 3.8) is 0 Å². The highest BCUT2D eigenvalue weighted by molar-refractivity contribution is 5.93. The number of hydrogen-bond acceptors (Lipinski definition) is 4. The smallest absolute Gasteiger partial charge is 0.282 e. The molecule has 0 unspecified atom stereocenters. The lowest BCUT2D eigenvalue weighted by Crippen LogP contribution is -3.29. The molecule has 1 atom stereocenters. The molecule has 31 heavy (non-hydrogen) atoms. The Morgan fingerprint density at radius 1 is 1.06 bits per heavy atom. The van der Waals surface area contributed by atoms with Crippen molar-refractivity contribution in [2.75, 3.05) is 51.8 Å². The van der Waals surface area contributed by atoms with Crippen LogP contribution in [0.5, 0.6) is 17.2 Å². The molecule has 0 radical (unpaired) electrons. The Morgan fingerprint density at radius 3 is 2.55 bits per heavy atom. The molecule has 2 aromatic rings. The zero-order valence-electron chi connectivity index (χ0n) is 18.6. The zero-order valence-corrected chi connectivity index (χ0v) is 18.6. The molecule has 0 bridgehead atoms. The first kappa shape index (κ1) is 21.5. The van der Waals surface area contributed by atoms with Crippen LogP contribution in [0.4, 0.5) is 5.69 Å². The van der Waals surface area contributed by atoms with Crippen LogP contribution in [0, 0.1) is 6.92 Å². The highest BCUT2D eigenvalue weighted by atomic mass is 16.6. The van der Waals surface area contributed by atoms with Crippen molar-refractivity contribution in [3.8, 4) is 17.2 Å². The maximum atomic E-state index is 12.8. The molecule has 166 valence electrons. The van der Waals surface area contributed by atoms with Gasteiger partial charge < -0.3 is 29.3 Å². The van der Waals surface area contributed by atoms with E-state index in [4.69, 9.17) is 14.2 Å². The number of rotatable bonds is 6. The second kappa shape index (κ2) is 9.58. The van der Waals surface area contributed by atoms with Crippen LogP contribution in [-0.2, 0) is 11.3 Å². The van der Waals surface area contributed by atoms with Gasteiger partial charge in [-0.05, 0) is 38.1 Å². The number of fused-ring (bicyclic) bond motifs is 1. The number of ether oxygens (including phenoxy) is 3. The lowest BCUT2D eigenvalue weighted by Gasteiger charge is -2.33. The number of benzene rings is 2. The van der Waals surface area contributed by atoms with Crippen LogP contribution >= 0.6 is 0 Å². The Hall–Kier alpha value is -2.77. The topological polar surface area (TPSA) is 65.7 Å². The summed E-state index contributed by atoms with van der Waals surface area (Å²) >= 11 is 0. The molecule has 7 nitrogen and oxygen atoms in total. The fourth-order valence-electron chi connectivity index (χ4n) is 4.41. The van der Waals surface area contributed by atoms with Crippen molar-refractivity contribution in [1.29, 1.82) is 0 Å². The SMILES string of the molecule is COc1ccc(C)cc1C[NH+]1CC[NH+]([C@@H](C)C(=O)Nc2ccc3c(c2)OCCO3)CC1. The summed E-state index contributed by atoms with van der Waals surface area (Å²) in [5.74, 6) is 2.41. The van der Waals surface area contributed by atoms with E-state index in [0.29, 0.717) is 19.0 Å². The average molecular weight is 428 g/mol. The Morgan fingerprint density at radius 2 is 1.81 bits per heavy atom. The van der Waals surface area contributed by atoms with Crippen molar-refractivity contribution < 1.29 is 28.8 Å². The monoisotopic (exact) mass is 427 g/mol. The molecule has 1 saturated heterocycles. The largest absolute Gasteiger partial charge is 0.496 e. The van der Waals surface area contributed by atoms with Gasteiger partial charge in [0.25, 0.3) is 5.91 Å². The lowest BCUT2D eigenvalue weighted by molar-refractivity contribution is -1.02. The molecule has 2 aromatic carbocycles. The first-order chi connectivity index (χ1) is 15.0. The van der Waals surface area contributed by atoms with Gasteiger partial charge in [-0.2, -0.15) is 0 Å². The van der Waals surface area contributed by atoms with Gasteiger partial charge in [-0.1, -0.05) is 11.6 Å². The molecule has 1 amide bonds. The summed E-state index contributed by atoms with van der Waals surface area (Å²) in [4.78, 5) is 15.7. The van der Waals surface area contributed by atoms with Crippen LogP contribution in [-0.4, -0.2) is 58.5 Å². The standard InChI is InChI=1S/C24H31N3O4/c1-17-4-6-21(29-3)19(14-17)16-26-8-10-27(11-9-26)18(2)24(28)25-20-5-7-22-23(15-20)31-13-12-30-22/h4-7,14-15,18H,8-13,16H2,1-3H3,(H,25,28)/p+2/t18-/m0/s1. The van der Waals surface area contributed by atoms with Crippen molar-refractivity contribution in [3.05, 3.63) is 47.5 Å². The average Bonchev–Trinajstić information content (AvgIpc) is 2.79. The second-order valence-electron chi connectivity index (χ2n) is 8.47. The molecule has 0 aromatic heterocycles. The highest BCUT2D eigenvalue weighted by Crippen LogP contribution is 2.32. The summed E-state index contributed by atoms with van der Waals surface area (Å²) < 4.78 is 16.7. The molecule has 3 N–H and O–H groups in total. The van der Waals surface area contributed by atoms with Crippen LogP contribution in [0.15, 0.2) is 36.4 Å². The maximum Gasteiger partial charge on any atom is 0.282 e. The molecule has 1 fully saturated rings. The number of nitrogens with one attached hydrogen (secondary N) is 3. The normalized spacial score (nSPS) is 21.3. The molecule has 0 saturated carbocycles. The third-order valence-corrected chi connectivity index (χ3v) is 6.29. The van der Waals surface area contributed by atoms with E-state index >= 15 is 0 Å². The number of quaternary nitrogens is 2. The Bertz CT molecular complexity index is 925. The number of carbonyl (C=O) groups excluding carboxylic acids is 1. The van der Waals surface area contributed by atoms with E-state index in [2.05, 4.69) is 30.4 Å². The van der Waals surface area contributed by atoms with Crippen molar-refractivity contribution in [1.82, 2.24) is 0 Å². The van der Waals surface area contributed by atoms with Gasteiger partial charge >= 0.3 is 0 Å². The van der Waals surface area contributed by atoms with Gasteiger partial charge in [-0.15, -0.1) is 0 Å². The zero-order chi connectivity index (χ0) is 21.8. The van der Waals surface area contributed by atoms with E-state index in [1.807, 2.05) is 25.1 Å². The van der Waals surface area contributed by atoms with E-state index in [1.54, 1.807) is 7.11 Å². The summed E-state index contributed by atoms with van der Waals surface area (Å²) in [6.45, 7) is 10.2. The van der Waals surface area contributed by atoms with Crippen molar-refractivity contribution >= 4 is 11.6 Å². The minimum atomic E-state index is -0.108. The van der Waals surface area contributed by atoms with Gasteiger partial charge in [-0.3, -0.25) is 4.79 Å². The Kier molecular flexibility index (Phi) is 6.63. The van der Waals surface area contributed by atoms with E-state index in [0.717, 1.165) is 49.9 Å². The van der Waals surface area contributed by atoms with Gasteiger partial charge in [0.2, 0.25) is 0 Å². The minimum absolute atomic E-state index is 0.0375. The van der Waals surface area contributed by atoms with Crippen LogP contribution in [0.25, 0.3) is 0 Å². The molecule has 2 aliphatic heterocycles. The first-order valence-electron chi connectivity index (χ1n) is 11.1. The fraction of sp³-hybridized carbons (Fsp3) is 0.458. The summed E-state index contributed by atoms with van der Waals surface area (Å²) in [5.41, 5.74) is 3.26. The summed E-state index contributed by atoms with van der Waals surface area (Å²) in [5, 5.41) is 3.04. The number of amides is 1. The van der Waals surface area contributed by atoms with Gasteiger partial charge in [0.1, 0.15) is 51.7 Å². The molecule has 0 spiro atoms. The second-order valence-corrected chi connectivity index (χ2v) is 8.47. The van der Waals surface area contributed by atoms with Crippen LogP contribution in [0.3, 0.4) is 0 Å². The number of piperazine rings is 1. The molecule has 4 rings (SSSR count). The number of anilines is 1. The first-order valence-corrected chi connectivity index (χ1v) is 11.1. The molecule has 0 aliphatic carbocycles. The van der Waals surface area contributed by atoms with E-state index < -0.39 is 0 Å². The minimum Gasteiger partial charge on any atom is -0.496 e. The summed E-state index contributed by atoms with van der Waals surface area (Å²) in [6.07, 6.45) is 0. The third kappa shape index (κ3) is 5.11. The number of aryl methyl sites for hydroxylation is 1. The summed E-state index contributed by atoms with van der Waals surface area (Å²) in [7, 11) is 1.73. The molecule has 7 heteroatoms. The lowest BCUT2D eigenvalue weighted by atomic mass is 10.1. The van der Waals surface area contributed by atoms with E-state index in [-0.39, 0.29) is 11.9 Å². The predicted molar refractivity (Wildman–Crippen MR) is 118 cm³/mol. The van der Waals surface area contributed by atoms with Crippen LogP contribution in [0.2, 0.25) is 0 Å². The van der Waals surface area contributed by atoms with Crippen molar-refractivity contribution in [2.45, 2.75) is 26.4 Å². The molecular formula is C24H33N3O4+2. The Labute approximate surface area is 183 Å². The number of hydrogen-bond donors (Lipinski definition) is 3. The van der Waals surface area contributed by atoms with Gasteiger partial charge in [0.05, 0.1) is 7.11 Å². The van der Waals surface area contributed by atoms with Crippen LogP contribution in [0.1, 0.15) is 18.1 Å². The van der Waals surface area contributed by atoms with Gasteiger partial charge in [0, 0.05) is 17.3 Å². The predicted octanol–water partition coefficient (Wildman–Crippen LogP) is 0.0854. The van der Waals surface area contributed by atoms with Gasteiger partial charge in [0.15, 0.2) is 17.5 Å². The fourth-order valence-corrected chi connectivity index (χ4v) is 4.41. The third-order valence-electron chi connectivity index (χ3n) is 6.29. The van der Waals surface area contributed by atoms with Crippen LogP contribution < -0.4 is 29.3 Å². The Balaban J connectivity index is 1.30. The van der Waals surface area contributed by atoms with E-state index in [1.165, 1.54) is 20.9 Å². The molecular weight excluding hydrogens is 394 g/mol. The summed E-state index contributed by atoms with van der Waals surface area (Å²) in [6, 6.07) is 11.8. The van der Waals surface area contributed by atoms with Gasteiger partial charge in [-0.25, -0.2) is 0 Å². The number of carbonyl (C=O) groups is 1. The quantitative estimate of drug-likeness (QED) is 0.611. The maximum absolute atomic E-state index is 12.8. The van der Waals surface area contributed by atoms with Crippen molar-refractivity contribution in [2.24, 2.45) is 0 Å². The molecule has 2 heterocycles. The number of methoxy groups -OCH3 is 1. The highest BCUT2D eigenvalue weighted by Gasteiger charge is 2.31. The molecule has 2 aliphatic rings.